The monoisotopic (exact) mass is 289 g/mol. The van der Waals surface area contributed by atoms with Gasteiger partial charge in [0.1, 0.15) is 17.9 Å². The van der Waals surface area contributed by atoms with Crippen LogP contribution in [0, 0.1) is 0 Å². The van der Waals surface area contributed by atoms with Crippen molar-refractivity contribution in [2.24, 2.45) is 0 Å². The van der Waals surface area contributed by atoms with Crippen LogP contribution in [0.25, 0.3) is 0 Å². The van der Waals surface area contributed by atoms with Crippen LogP contribution in [0.2, 0.25) is 0 Å². The Morgan fingerprint density at radius 2 is 2.00 bits per heavy atom. The van der Waals surface area contributed by atoms with Crippen molar-refractivity contribution >= 4 is 0 Å². The lowest BCUT2D eigenvalue weighted by molar-refractivity contribution is 0.172. The largest absolute Gasteiger partial charge is 0.491 e. The molecule has 0 aliphatic carbocycles. The van der Waals surface area contributed by atoms with Gasteiger partial charge < -0.3 is 9.84 Å². The third-order valence-electron chi connectivity index (χ3n) is 3.13. The van der Waals surface area contributed by atoms with Crippen molar-refractivity contribution in [1.29, 1.82) is 0 Å². The number of nitrogens with zero attached hydrogens (tertiary/aromatic N) is 3. The second kappa shape index (κ2) is 6.72. The molecule has 21 heavy (non-hydrogen) atoms. The van der Waals surface area contributed by atoms with E-state index in [-0.39, 0.29) is 12.1 Å². The number of aromatic nitrogens is 3. The van der Waals surface area contributed by atoms with E-state index in [1.54, 1.807) is 0 Å². The predicted molar refractivity (Wildman–Crippen MR) is 81.3 cm³/mol. The average molecular weight is 289 g/mol. The van der Waals surface area contributed by atoms with E-state index in [0.717, 1.165) is 17.1 Å². The molecule has 1 aromatic heterocycles. The Hall–Kier alpha value is -1.88. The Balaban J connectivity index is 2.12. The number of hydrogen-bond donors (Lipinski definition) is 1. The smallest absolute Gasteiger partial charge is 0.138 e. The fourth-order valence-electron chi connectivity index (χ4n) is 2.21. The van der Waals surface area contributed by atoms with E-state index < -0.39 is 6.10 Å². The molecule has 0 amide bonds. The van der Waals surface area contributed by atoms with Crippen LogP contribution in [0.3, 0.4) is 0 Å². The summed E-state index contributed by atoms with van der Waals surface area (Å²) >= 11 is 0. The first kappa shape index (κ1) is 15.5. The zero-order valence-electron chi connectivity index (χ0n) is 13.0. The minimum Gasteiger partial charge on any atom is -0.491 e. The van der Waals surface area contributed by atoms with Crippen LogP contribution in [0.5, 0.6) is 5.75 Å². The number of aliphatic hydroxyl groups is 1. The first-order chi connectivity index (χ1) is 9.97. The van der Waals surface area contributed by atoms with Gasteiger partial charge in [-0.15, -0.1) is 0 Å². The summed E-state index contributed by atoms with van der Waals surface area (Å²) in [7, 11) is 0. The average Bonchev–Trinajstić information content (AvgIpc) is 2.86. The van der Waals surface area contributed by atoms with Crippen molar-refractivity contribution < 1.29 is 9.84 Å². The lowest BCUT2D eigenvalue weighted by Crippen LogP contribution is -2.12. The van der Waals surface area contributed by atoms with Gasteiger partial charge in [0.05, 0.1) is 12.2 Å². The van der Waals surface area contributed by atoms with Gasteiger partial charge in [-0.05, 0) is 45.4 Å². The summed E-state index contributed by atoms with van der Waals surface area (Å²) in [5, 5.41) is 14.6. The lowest BCUT2D eigenvalue weighted by atomic mass is 10.1. The van der Waals surface area contributed by atoms with Crippen LogP contribution < -0.4 is 4.74 Å². The molecule has 0 aliphatic heterocycles. The number of aliphatic hydroxyl groups excluding tert-OH is 1. The van der Waals surface area contributed by atoms with Gasteiger partial charge in [0.25, 0.3) is 0 Å². The van der Waals surface area contributed by atoms with Crippen LogP contribution in [0.4, 0.5) is 0 Å². The Labute approximate surface area is 125 Å². The van der Waals surface area contributed by atoms with E-state index in [1.807, 2.05) is 56.6 Å². The van der Waals surface area contributed by atoms with Gasteiger partial charge in [0.2, 0.25) is 0 Å². The predicted octanol–water partition coefficient (Wildman–Crippen LogP) is 2.92. The summed E-state index contributed by atoms with van der Waals surface area (Å²) in [4.78, 5) is 4.23. The van der Waals surface area contributed by atoms with Crippen molar-refractivity contribution in [2.75, 3.05) is 0 Å². The first-order valence-electron chi connectivity index (χ1n) is 7.30. The molecule has 0 aliphatic rings. The first-order valence-corrected chi connectivity index (χ1v) is 7.30. The highest BCUT2D eigenvalue weighted by molar-refractivity contribution is 5.30. The molecule has 2 rings (SSSR count). The van der Waals surface area contributed by atoms with Crippen molar-refractivity contribution in [3.05, 3.63) is 42.0 Å². The highest BCUT2D eigenvalue weighted by atomic mass is 16.5. The summed E-state index contributed by atoms with van der Waals surface area (Å²) < 4.78 is 7.49. The van der Waals surface area contributed by atoms with E-state index in [0.29, 0.717) is 6.42 Å². The normalized spacial score (nSPS) is 12.9. The highest BCUT2D eigenvalue weighted by Gasteiger charge is 2.15. The summed E-state index contributed by atoms with van der Waals surface area (Å²) in [6.45, 7) is 8.05. The van der Waals surface area contributed by atoms with E-state index in [9.17, 15) is 5.11 Å². The maximum absolute atomic E-state index is 10.4. The lowest BCUT2D eigenvalue weighted by Gasteiger charge is -2.15. The second-order valence-corrected chi connectivity index (χ2v) is 5.67. The molecule has 0 spiro atoms. The number of benzene rings is 1. The van der Waals surface area contributed by atoms with E-state index in [4.69, 9.17) is 4.74 Å². The SMILES string of the molecule is CC(C)Oc1cccc(C(O)Cc2ncnn2C(C)C)c1. The number of rotatable bonds is 6. The van der Waals surface area contributed by atoms with Crippen molar-refractivity contribution in [2.45, 2.75) is 52.4 Å². The summed E-state index contributed by atoms with van der Waals surface area (Å²) in [5.41, 5.74) is 0.825. The number of ether oxygens (including phenoxy) is 1. The Kier molecular flexibility index (Phi) is 4.96. The molecule has 1 aromatic carbocycles. The molecule has 1 heterocycles. The van der Waals surface area contributed by atoms with Crippen molar-refractivity contribution in [3.63, 3.8) is 0 Å². The minimum atomic E-state index is -0.623. The zero-order valence-corrected chi connectivity index (χ0v) is 13.0. The summed E-state index contributed by atoms with van der Waals surface area (Å²) in [6.07, 6.45) is 1.45. The minimum absolute atomic E-state index is 0.112. The molecule has 0 fully saturated rings. The molecule has 0 saturated carbocycles. The molecule has 1 atom stereocenters. The van der Waals surface area contributed by atoms with Crippen LogP contribution >= 0.6 is 0 Å². The fraction of sp³-hybridized carbons (Fsp3) is 0.500. The van der Waals surface area contributed by atoms with E-state index in [1.165, 1.54) is 6.33 Å². The van der Waals surface area contributed by atoms with Crippen molar-refractivity contribution in [1.82, 2.24) is 14.8 Å². The zero-order chi connectivity index (χ0) is 15.4. The van der Waals surface area contributed by atoms with Gasteiger partial charge in [-0.2, -0.15) is 5.10 Å². The molecular weight excluding hydrogens is 266 g/mol. The second-order valence-electron chi connectivity index (χ2n) is 5.67. The maximum atomic E-state index is 10.4. The molecule has 5 nitrogen and oxygen atoms in total. The third kappa shape index (κ3) is 4.04. The molecule has 1 unspecified atom stereocenters. The van der Waals surface area contributed by atoms with Gasteiger partial charge in [-0.1, -0.05) is 12.1 Å². The topological polar surface area (TPSA) is 60.2 Å². The Morgan fingerprint density at radius 3 is 2.67 bits per heavy atom. The molecule has 0 bridgehead atoms. The van der Waals surface area contributed by atoms with Gasteiger partial charge in [0.15, 0.2) is 0 Å². The van der Waals surface area contributed by atoms with E-state index in [2.05, 4.69) is 10.1 Å². The molecule has 1 N–H and O–H groups in total. The van der Waals surface area contributed by atoms with Crippen LogP contribution in [0.1, 0.15) is 51.2 Å². The van der Waals surface area contributed by atoms with Crippen LogP contribution in [0.15, 0.2) is 30.6 Å². The molecular formula is C16H23N3O2. The van der Waals surface area contributed by atoms with Crippen molar-refractivity contribution in [3.8, 4) is 5.75 Å². The maximum Gasteiger partial charge on any atom is 0.138 e. The third-order valence-corrected chi connectivity index (χ3v) is 3.13. The molecule has 2 aromatic rings. The Morgan fingerprint density at radius 1 is 1.24 bits per heavy atom. The van der Waals surface area contributed by atoms with E-state index >= 15 is 0 Å². The fourth-order valence-corrected chi connectivity index (χ4v) is 2.21. The van der Waals surface area contributed by atoms with Gasteiger partial charge in [0, 0.05) is 12.5 Å². The quantitative estimate of drug-likeness (QED) is 0.888. The highest BCUT2D eigenvalue weighted by Crippen LogP contribution is 2.23. The number of hydrogen-bond acceptors (Lipinski definition) is 4. The van der Waals surface area contributed by atoms with Gasteiger partial charge >= 0.3 is 0 Å². The van der Waals surface area contributed by atoms with Crippen LogP contribution in [-0.2, 0) is 6.42 Å². The summed E-state index contributed by atoms with van der Waals surface area (Å²) in [6, 6.07) is 7.79. The molecule has 0 saturated heterocycles. The summed E-state index contributed by atoms with van der Waals surface area (Å²) in [5.74, 6) is 1.56. The Bertz CT molecular complexity index is 578. The van der Waals surface area contributed by atoms with Crippen LogP contribution in [-0.4, -0.2) is 26.0 Å². The van der Waals surface area contributed by atoms with Gasteiger partial charge in [-0.25, -0.2) is 9.67 Å². The standard InChI is InChI=1S/C16H23N3O2/c1-11(2)19-16(17-10-18-19)9-15(20)13-6-5-7-14(8-13)21-12(3)4/h5-8,10-12,15,20H,9H2,1-4H3. The molecule has 5 heteroatoms. The van der Waals surface area contributed by atoms with Gasteiger partial charge in [-0.3, -0.25) is 0 Å². The molecule has 0 radical (unpaired) electrons. The molecule has 114 valence electrons.